The van der Waals surface area contributed by atoms with Gasteiger partial charge in [0, 0.05) is 27.7 Å². The quantitative estimate of drug-likeness (QED) is 0.900. The van der Waals surface area contributed by atoms with Crippen LogP contribution in [-0.2, 0) is 5.75 Å². The van der Waals surface area contributed by atoms with E-state index in [1.165, 1.54) is 0 Å². The van der Waals surface area contributed by atoms with Gasteiger partial charge in [-0.3, -0.25) is 0 Å². The van der Waals surface area contributed by atoms with Crippen molar-refractivity contribution in [1.82, 2.24) is 0 Å². The highest BCUT2D eigenvalue weighted by Gasteiger charge is 2.38. The van der Waals surface area contributed by atoms with E-state index in [1.807, 2.05) is 17.8 Å². The first-order chi connectivity index (χ1) is 8.42. The van der Waals surface area contributed by atoms with Crippen LogP contribution in [0.1, 0.15) is 31.0 Å². The molecule has 3 nitrogen and oxygen atoms in total. The summed E-state index contributed by atoms with van der Waals surface area (Å²) in [7, 11) is 3.36. The summed E-state index contributed by atoms with van der Waals surface area (Å²) in [6.07, 6.45) is 0. The van der Waals surface area contributed by atoms with Crippen LogP contribution < -0.4 is 15.2 Å². The standard InChI is InChI=1S/C13H18BrNO2S/c1-13(2)12(15)10-7(6-18-13)9(16-3)5-8(14)11(10)17-4/h5,12H,6,15H2,1-4H3. The SMILES string of the molecule is COc1cc(Br)c(OC)c2c1CSC(C)(C)C2N. The Balaban J connectivity index is 2.69. The molecule has 0 fully saturated rings. The molecule has 18 heavy (non-hydrogen) atoms. The van der Waals surface area contributed by atoms with E-state index in [9.17, 15) is 0 Å². The number of ether oxygens (including phenoxy) is 2. The number of benzene rings is 1. The predicted octanol–water partition coefficient (Wildman–Crippen LogP) is 3.49. The lowest BCUT2D eigenvalue weighted by molar-refractivity contribution is 0.383. The lowest BCUT2D eigenvalue weighted by Crippen LogP contribution is -2.36. The molecule has 0 bridgehead atoms. The Hall–Kier alpha value is -0.390. The molecule has 0 aliphatic carbocycles. The van der Waals surface area contributed by atoms with Gasteiger partial charge < -0.3 is 15.2 Å². The Labute approximate surface area is 121 Å². The number of nitrogens with two attached hydrogens (primary N) is 1. The molecule has 1 heterocycles. The largest absolute Gasteiger partial charge is 0.496 e. The van der Waals surface area contributed by atoms with Crippen molar-refractivity contribution in [2.75, 3.05) is 14.2 Å². The fourth-order valence-electron chi connectivity index (χ4n) is 2.23. The molecule has 1 aromatic carbocycles. The van der Waals surface area contributed by atoms with Crippen LogP contribution in [0.4, 0.5) is 0 Å². The summed E-state index contributed by atoms with van der Waals surface area (Å²) in [5.74, 6) is 2.59. The first-order valence-electron chi connectivity index (χ1n) is 5.75. The average molecular weight is 332 g/mol. The average Bonchev–Trinajstić information content (AvgIpc) is 2.33. The lowest BCUT2D eigenvalue weighted by Gasteiger charge is -2.38. The van der Waals surface area contributed by atoms with E-state index in [1.54, 1.807) is 14.2 Å². The van der Waals surface area contributed by atoms with Gasteiger partial charge >= 0.3 is 0 Å². The monoisotopic (exact) mass is 331 g/mol. The second-order valence-corrected chi connectivity index (χ2v) is 7.34. The van der Waals surface area contributed by atoms with E-state index in [2.05, 4.69) is 29.8 Å². The minimum Gasteiger partial charge on any atom is -0.496 e. The van der Waals surface area contributed by atoms with E-state index in [0.29, 0.717) is 0 Å². The Morgan fingerprint density at radius 1 is 1.39 bits per heavy atom. The van der Waals surface area contributed by atoms with Gasteiger partial charge in [0.1, 0.15) is 11.5 Å². The van der Waals surface area contributed by atoms with Crippen molar-refractivity contribution < 1.29 is 9.47 Å². The molecule has 0 radical (unpaired) electrons. The Morgan fingerprint density at radius 3 is 2.61 bits per heavy atom. The molecule has 1 aliphatic heterocycles. The van der Waals surface area contributed by atoms with E-state index in [-0.39, 0.29) is 10.8 Å². The zero-order chi connectivity index (χ0) is 13.5. The van der Waals surface area contributed by atoms with Gasteiger partial charge in [0.25, 0.3) is 0 Å². The molecule has 1 unspecified atom stereocenters. The second kappa shape index (κ2) is 4.94. The Kier molecular flexibility index (Phi) is 3.85. The smallest absolute Gasteiger partial charge is 0.138 e. The van der Waals surface area contributed by atoms with Crippen LogP contribution in [-0.4, -0.2) is 19.0 Å². The zero-order valence-electron chi connectivity index (χ0n) is 11.0. The summed E-state index contributed by atoms with van der Waals surface area (Å²) in [6, 6.07) is 1.87. The maximum Gasteiger partial charge on any atom is 0.138 e. The molecule has 100 valence electrons. The highest BCUT2D eigenvalue weighted by molar-refractivity contribution is 9.10. The summed E-state index contributed by atoms with van der Waals surface area (Å²) in [5, 5.41) is 0. The van der Waals surface area contributed by atoms with Crippen LogP contribution in [0.2, 0.25) is 0 Å². The molecule has 1 aliphatic rings. The van der Waals surface area contributed by atoms with Gasteiger partial charge in [-0.05, 0) is 35.8 Å². The van der Waals surface area contributed by atoms with Crippen LogP contribution in [0.3, 0.4) is 0 Å². The van der Waals surface area contributed by atoms with E-state index in [0.717, 1.165) is 32.9 Å². The summed E-state index contributed by atoms with van der Waals surface area (Å²) >= 11 is 5.37. The maximum absolute atomic E-state index is 6.42. The molecule has 2 N–H and O–H groups in total. The van der Waals surface area contributed by atoms with Gasteiger partial charge in [0.2, 0.25) is 0 Å². The molecule has 0 aromatic heterocycles. The van der Waals surface area contributed by atoms with E-state index >= 15 is 0 Å². The van der Waals surface area contributed by atoms with E-state index in [4.69, 9.17) is 15.2 Å². The zero-order valence-corrected chi connectivity index (χ0v) is 13.4. The first-order valence-corrected chi connectivity index (χ1v) is 7.53. The third-order valence-corrected chi connectivity index (χ3v) is 5.43. The number of halogens is 1. The van der Waals surface area contributed by atoms with Gasteiger partial charge in [-0.2, -0.15) is 0 Å². The molecule has 5 heteroatoms. The molecule has 0 amide bonds. The van der Waals surface area contributed by atoms with Crippen molar-refractivity contribution in [3.05, 3.63) is 21.7 Å². The maximum atomic E-state index is 6.42. The van der Waals surface area contributed by atoms with Crippen LogP contribution in [0.5, 0.6) is 11.5 Å². The summed E-state index contributed by atoms with van der Waals surface area (Å²) in [6.45, 7) is 4.33. The molecule has 0 spiro atoms. The van der Waals surface area contributed by atoms with Crippen molar-refractivity contribution in [3.8, 4) is 11.5 Å². The first kappa shape index (κ1) is 14.0. The number of hydrogen-bond donors (Lipinski definition) is 1. The van der Waals surface area contributed by atoms with Gasteiger partial charge in [-0.25, -0.2) is 0 Å². The van der Waals surface area contributed by atoms with Crippen molar-refractivity contribution >= 4 is 27.7 Å². The predicted molar refractivity (Wildman–Crippen MR) is 79.5 cm³/mol. The molecule has 1 aromatic rings. The fraction of sp³-hybridized carbons (Fsp3) is 0.538. The molecular formula is C13H18BrNO2S. The van der Waals surface area contributed by atoms with Crippen molar-refractivity contribution in [2.24, 2.45) is 5.73 Å². The number of rotatable bonds is 2. The van der Waals surface area contributed by atoms with Crippen molar-refractivity contribution in [3.63, 3.8) is 0 Å². The van der Waals surface area contributed by atoms with Gasteiger partial charge in [-0.15, -0.1) is 11.8 Å². The van der Waals surface area contributed by atoms with E-state index < -0.39 is 0 Å². The summed E-state index contributed by atoms with van der Waals surface area (Å²) in [5.41, 5.74) is 8.63. The van der Waals surface area contributed by atoms with Crippen LogP contribution in [0, 0.1) is 0 Å². The van der Waals surface area contributed by atoms with Gasteiger partial charge in [-0.1, -0.05) is 0 Å². The van der Waals surface area contributed by atoms with Crippen LogP contribution >= 0.6 is 27.7 Å². The fourth-order valence-corrected chi connectivity index (χ4v) is 3.92. The highest BCUT2D eigenvalue weighted by Crippen LogP contribution is 2.52. The summed E-state index contributed by atoms with van der Waals surface area (Å²) < 4.78 is 11.8. The van der Waals surface area contributed by atoms with Crippen molar-refractivity contribution in [2.45, 2.75) is 30.4 Å². The minimum absolute atomic E-state index is 0.00785. The van der Waals surface area contributed by atoms with Crippen LogP contribution in [0.15, 0.2) is 10.5 Å². The third-order valence-electron chi connectivity index (χ3n) is 3.41. The molecule has 0 saturated heterocycles. The molecule has 0 saturated carbocycles. The number of fused-ring (bicyclic) bond motifs is 1. The minimum atomic E-state index is -0.0763. The molecular weight excluding hydrogens is 314 g/mol. The highest BCUT2D eigenvalue weighted by atomic mass is 79.9. The van der Waals surface area contributed by atoms with Crippen molar-refractivity contribution in [1.29, 1.82) is 0 Å². The lowest BCUT2D eigenvalue weighted by atomic mass is 9.90. The number of hydrogen-bond acceptors (Lipinski definition) is 4. The number of thioether (sulfide) groups is 1. The Bertz CT molecular complexity index is 477. The third kappa shape index (κ3) is 2.12. The van der Waals surface area contributed by atoms with Gasteiger partial charge in [0.15, 0.2) is 0 Å². The molecule has 1 atom stereocenters. The second-order valence-electron chi connectivity index (χ2n) is 4.86. The Morgan fingerprint density at radius 2 is 2.06 bits per heavy atom. The summed E-state index contributed by atoms with van der Waals surface area (Å²) in [4.78, 5) is 0. The topological polar surface area (TPSA) is 44.5 Å². The van der Waals surface area contributed by atoms with Gasteiger partial charge in [0.05, 0.1) is 18.7 Å². The van der Waals surface area contributed by atoms with Crippen LogP contribution in [0.25, 0.3) is 0 Å². The molecule has 2 rings (SSSR count). The normalized spacial score (nSPS) is 21.3. The number of methoxy groups -OCH3 is 2.